The van der Waals surface area contributed by atoms with E-state index in [1.165, 1.54) is 6.42 Å². The summed E-state index contributed by atoms with van der Waals surface area (Å²) in [5.41, 5.74) is 1.75. The molecule has 4 heteroatoms. The van der Waals surface area contributed by atoms with Crippen LogP contribution in [0.4, 0.5) is 10.5 Å². The van der Waals surface area contributed by atoms with Gasteiger partial charge in [0, 0.05) is 11.7 Å². The van der Waals surface area contributed by atoms with E-state index in [2.05, 4.69) is 24.5 Å². The van der Waals surface area contributed by atoms with Gasteiger partial charge in [0.1, 0.15) is 0 Å². The van der Waals surface area contributed by atoms with E-state index in [0.717, 1.165) is 24.1 Å². The number of hydrogen-bond donors (Lipinski definition) is 3. The third-order valence-electron chi connectivity index (χ3n) is 4.21. The molecule has 20 heavy (non-hydrogen) atoms. The monoisotopic (exact) mass is 276 g/mol. The Morgan fingerprint density at radius 1 is 1.35 bits per heavy atom. The van der Waals surface area contributed by atoms with Crippen LogP contribution in [0.25, 0.3) is 0 Å². The fraction of sp³-hybridized carbons (Fsp3) is 0.562. The van der Waals surface area contributed by atoms with Gasteiger partial charge in [-0.25, -0.2) is 4.79 Å². The van der Waals surface area contributed by atoms with Crippen molar-refractivity contribution >= 4 is 11.7 Å². The first-order chi connectivity index (χ1) is 9.38. The Labute approximate surface area is 120 Å². The second kappa shape index (κ2) is 5.83. The summed E-state index contributed by atoms with van der Waals surface area (Å²) in [5.74, 6) is 0. The molecule has 2 unspecified atom stereocenters. The molecule has 0 spiro atoms. The highest BCUT2D eigenvalue weighted by Crippen LogP contribution is 2.37. The summed E-state index contributed by atoms with van der Waals surface area (Å²) < 4.78 is 0. The lowest BCUT2D eigenvalue weighted by molar-refractivity contribution is 0.199. The first kappa shape index (κ1) is 14.9. The van der Waals surface area contributed by atoms with E-state index in [1.54, 1.807) is 19.1 Å². The molecule has 4 nitrogen and oxygen atoms in total. The second-order valence-electron chi connectivity index (χ2n) is 6.33. The number of aliphatic hydroxyl groups is 1. The summed E-state index contributed by atoms with van der Waals surface area (Å²) in [5, 5.41) is 15.3. The van der Waals surface area contributed by atoms with E-state index in [4.69, 9.17) is 0 Å². The van der Waals surface area contributed by atoms with Gasteiger partial charge >= 0.3 is 6.03 Å². The van der Waals surface area contributed by atoms with E-state index in [1.807, 2.05) is 12.1 Å². The molecule has 0 heterocycles. The highest BCUT2D eigenvalue weighted by molar-refractivity contribution is 5.89. The van der Waals surface area contributed by atoms with Gasteiger partial charge in [0.15, 0.2) is 0 Å². The molecule has 1 saturated carbocycles. The van der Waals surface area contributed by atoms with Gasteiger partial charge in [-0.3, -0.25) is 0 Å². The second-order valence-corrected chi connectivity index (χ2v) is 6.33. The summed E-state index contributed by atoms with van der Waals surface area (Å²) in [6, 6.07) is 7.33. The number of hydrogen-bond acceptors (Lipinski definition) is 2. The van der Waals surface area contributed by atoms with Crippen LogP contribution in [0.3, 0.4) is 0 Å². The van der Waals surface area contributed by atoms with Crippen LogP contribution >= 0.6 is 0 Å². The van der Waals surface area contributed by atoms with Crippen molar-refractivity contribution in [1.82, 2.24) is 5.32 Å². The molecule has 3 N–H and O–H groups in total. The van der Waals surface area contributed by atoms with Crippen LogP contribution in [0.1, 0.15) is 51.7 Å². The fourth-order valence-corrected chi connectivity index (χ4v) is 2.76. The molecular formula is C16H24N2O2. The summed E-state index contributed by atoms with van der Waals surface area (Å²) in [4.78, 5) is 12.0. The number of amides is 2. The predicted molar refractivity (Wildman–Crippen MR) is 80.7 cm³/mol. The van der Waals surface area contributed by atoms with Crippen molar-refractivity contribution in [3.8, 4) is 0 Å². The van der Waals surface area contributed by atoms with E-state index in [0.29, 0.717) is 0 Å². The minimum Gasteiger partial charge on any atom is -0.389 e. The normalized spacial score (nSPS) is 22.3. The van der Waals surface area contributed by atoms with Crippen LogP contribution in [0, 0.1) is 5.41 Å². The summed E-state index contributed by atoms with van der Waals surface area (Å²) in [7, 11) is 0. The number of benzene rings is 1. The van der Waals surface area contributed by atoms with E-state index >= 15 is 0 Å². The smallest absolute Gasteiger partial charge is 0.319 e. The molecule has 0 bridgehead atoms. The molecule has 0 radical (unpaired) electrons. The van der Waals surface area contributed by atoms with Crippen LogP contribution in [-0.4, -0.2) is 17.2 Å². The van der Waals surface area contributed by atoms with E-state index < -0.39 is 6.10 Å². The van der Waals surface area contributed by atoms with Gasteiger partial charge in [-0.2, -0.15) is 0 Å². The third-order valence-corrected chi connectivity index (χ3v) is 4.21. The molecule has 2 atom stereocenters. The molecule has 0 aliphatic heterocycles. The maximum absolute atomic E-state index is 12.0. The minimum atomic E-state index is -0.489. The molecule has 110 valence electrons. The maximum atomic E-state index is 12.0. The molecule has 1 aromatic carbocycles. The molecule has 2 rings (SSSR count). The SMILES string of the molecule is CC(O)c1ccc(NC(=O)NC2CCCC2(C)C)cc1. The van der Waals surface area contributed by atoms with E-state index in [9.17, 15) is 9.90 Å². The molecule has 1 aliphatic carbocycles. The van der Waals surface area contributed by atoms with E-state index in [-0.39, 0.29) is 17.5 Å². The van der Waals surface area contributed by atoms with Crippen molar-refractivity contribution in [3.63, 3.8) is 0 Å². The average Bonchev–Trinajstić information content (AvgIpc) is 2.69. The number of carbonyl (C=O) groups is 1. The number of anilines is 1. The minimum absolute atomic E-state index is 0.158. The van der Waals surface area contributed by atoms with Crippen LogP contribution in [-0.2, 0) is 0 Å². The van der Waals surface area contributed by atoms with Crippen LogP contribution < -0.4 is 10.6 Å². The summed E-state index contributed by atoms with van der Waals surface area (Å²) in [6.45, 7) is 6.11. The van der Waals surface area contributed by atoms with Crippen molar-refractivity contribution in [1.29, 1.82) is 0 Å². The van der Waals surface area contributed by atoms with Crippen molar-refractivity contribution in [3.05, 3.63) is 29.8 Å². The standard InChI is InChI=1S/C16H24N2O2/c1-11(19)12-6-8-13(9-7-12)17-15(20)18-14-5-4-10-16(14,2)3/h6-9,11,14,19H,4-5,10H2,1-3H3,(H2,17,18,20). The van der Waals surface area contributed by atoms with Gasteiger partial charge in [0.05, 0.1) is 6.10 Å². The Morgan fingerprint density at radius 2 is 2.00 bits per heavy atom. The third kappa shape index (κ3) is 3.51. The molecular weight excluding hydrogens is 252 g/mol. The van der Waals surface area contributed by atoms with Crippen molar-refractivity contribution in [2.45, 2.75) is 52.2 Å². The van der Waals surface area contributed by atoms with Gasteiger partial charge < -0.3 is 15.7 Å². The Hall–Kier alpha value is -1.55. The van der Waals surface area contributed by atoms with Crippen LogP contribution in [0.5, 0.6) is 0 Å². The quantitative estimate of drug-likeness (QED) is 0.792. The number of aliphatic hydroxyl groups excluding tert-OH is 1. The first-order valence-electron chi connectivity index (χ1n) is 7.24. The lowest BCUT2D eigenvalue weighted by Gasteiger charge is -2.27. The van der Waals surface area contributed by atoms with Crippen molar-refractivity contribution in [2.75, 3.05) is 5.32 Å². The highest BCUT2D eigenvalue weighted by atomic mass is 16.3. The van der Waals surface area contributed by atoms with Crippen molar-refractivity contribution < 1.29 is 9.90 Å². The van der Waals surface area contributed by atoms with Gasteiger partial charge in [0.2, 0.25) is 0 Å². The number of urea groups is 1. The lowest BCUT2D eigenvalue weighted by Crippen LogP contribution is -2.43. The molecule has 1 aliphatic rings. The lowest BCUT2D eigenvalue weighted by atomic mass is 9.87. The number of nitrogens with one attached hydrogen (secondary N) is 2. The zero-order valence-electron chi connectivity index (χ0n) is 12.4. The topological polar surface area (TPSA) is 61.4 Å². The van der Waals surface area contributed by atoms with Gasteiger partial charge in [-0.1, -0.05) is 32.4 Å². The number of carbonyl (C=O) groups excluding carboxylic acids is 1. The Kier molecular flexibility index (Phi) is 4.33. The summed E-state index contributed by atoms with van der Waals surface area (Å²) in [6.07, 6.45) is 2.88. The number of rotatable bonds is 3. The predicted octanol–water partition coefficient (Wildman–Crippen LogP) is 3.44. The Balaban J connectivity index is 1.91. The molecule has 1 aromatic rings. The zero-order valence-corrected chi connectivity index (χ0v) is 12.4. The molecule has 2 amide bonds. The van der Waals surface area contributed by atoms with Gasteiger partial charge in [0.25, 0.3) is 0 Å². The highest BCUT2D eigenvalue weighted by Gasteiger charge is 2.35. The Morgan fingerprint density at radius 3 is 2.50 bits per heavy atom. The van der Waals surface area contributed by atoms with Crippen LogP contribution in [0.2, 0.25) is 0 Å². The fourth-order valence-electron chi connectivity index (χ4n) is 2.76. The first-order valence-corrected chi connectivity index (χ1v) is 7.24. The van der Waals surface area contributed by atoms with Crippen molar-refractivity contribution in [2.24, 2.45) is 5.41 Å². The maximum Gasteiger partial charge on any atom is 0.319 e. The molecule has 0 aromatic heterocycles. The average molecular weight is 276 g/mol. The van der Waals surface area contributed by atoms with Crippen LogP contribution in [0.15, 0.2) is 24.3 Å². The molecule has 0 saturated heterocycles. The van der Waals surface area contributed by atoms with Gasteiger partial charge in [-0.05, 0) is 42.9 Å². The summed E-state index contributed by atoms with van der Waals surface area (Å²) >= 11 is 0. The molecule has 1 fully saturated rings. The van der Waals surface area contributed by atoms with Gasteiger partial charge in [-0.15, -0.1) is 0 Å². The largest absolute Gasteiger partial charge is 0.389 e. The Bertz CT molecular complexity index is 466. The zero-order chi connectivity index (χ0) is 14.8.